The average Bonchev–Trinajstić information content (AvgIpc) is 2.74. The van der Waals surface area contributed by atoms with E-state index in [1.807, 2.05) is 20.8 Å². The monoisotopic (exact) mass is 286 g/mol. The molecule has 0 aromatic carbocycles. The Morgan fingerprint density at radius 3 is 2.70 bits per heavy atom. The SMILES string of the molecule is CC(C)CNCCOC1CCN(C(=O)OC(C)(C)C)C1. The zero-order valence-electron chi connectivity index (χ0n) is 13.6. The summed E-state index contributed by atoms with van der Waals surface area (Å²) >= 11 is 0. The molecule has 0 saturated carbocycles. The van der Waals surface area contributed by atoms with E-state index in [-0.39, 0.29) is 12.2 Å². The van der Waals surface area contributed by atoms with Crippen LogP contribution in [0.3, 0.4) is 0 Å². The average molecular weight is 286 g/mol. The molecule has 1 amide bonds. The van der Waals surface area contributed by atoms with Gasteiger partial charge in [0.15, 0.2) is 0 Å². The van der Waals surface area contributed by atoms with Crippen LogP contribution in [0.25, 0.3) is 0 Å². The molecule has 20 heavy (non-hydrogen) atoms. The van der Waals surface area contributed by atoms with E-state index in [0.717, 1.165) is 26.1 Å². The van der Waals surface area contributed by atoms with E-state index >= 15 is 0 Å². The van der Waals surface area contributed by atoms with Crippen LogP contribution in [0.4, 0.5) is 4.79 Å². The minimum atomic E-state index is -0.434. The smallest absolute Gasteiger partial charge is 0.410 e. The molecule has 118 valence electrons. The quantitative estimate of drug-likeness (QED) is 0.761. The fourth-order valence-electron chi connectivity index (χ4n) is 2.05. The van der Waals surface area contributed by atoms with Gasteiger partial charge in [0, 0.05) is 13.1 Å². The molecule has 0 aliphatic carbocycles. The van der Waals surface area contributed by atoms with E-state index in [4.69, 9.17) is 9.47 Å². The van der Waals surface area contributed by atoms with Gasteiger partial charge in [0.2, 0.25) is 0 Å². The maximum Gasteiger partial charge on any atom is 0.410 e. The Balaban J connectivity index is 2.15. The minimum Gasteiger partial charge on any atom is -0.444 e. The summed E-state index contributed by atoms with van der Waals surface area (Å²) in [6.07, 6.45) is 0.800. The number of hydrogen-bond acceptors (Lipinski definition) is 4. The van der Waals surface area contributed by atoms with E-state index in [9.17, 15) is 4.79 Å². The van der Waals surface area contributed by atoms with Crippen molar-refractivity contribution in [1.29, 1.82) is 0 Å². The molecule has 1 rings (SSSR count). The van der Waals surface area contributed by atoms with Crippen molar-refractivity contribution in [3.63, 3.8) is 0 Å². The molecule has 1 N–H and O–H groups in total. The number of ether oxygens (including phenoxy) is 2. The number of carbonyl (C=O) groups is 1. The van der Waals surface area contributed by atoms with Gasteiger partial charge in [-0.2, -0.15) is 0 Å². The first-order chi connectivity index (χ1) is 9.28. The fourth-order valence-corrected chi connectivity index (χ4v) is 2.05. The third kappa shape index (κ3) is 7.10. The molecule has 1 saturated heterocycles. The number of hydrogen-bond donors (Lipinski definition) is 1. The van der Waals surface area contributed by atoms with Crippen molar-refractivity contribution < 1.29 is 14.3 Å². The van der Waals surface area contributed by atoms with Gasteiger partial charge in [0.25, 0.3) is 0 Å². The number of amides is 1. The highest BCUT2D eigenvalue weighted by Gasteiger charge is 2.29. The van der Waals surface area contributed by atoms with E-state index in [1.165, 1.54) is 0 Å². The van der Waals surface area contributed by atoms with Gasteiger partial charge < -0.3 is 19.7 Å². The lowest BCUT2D eigenvalue weighted by molar-refractivity contribution is 0.0213. The molecule has 1 heterocycles. The molecule has 1 fully saturated rings. The van der Waals surface area contributed by atoms with E-state index in [1.54, 1.807) is 4.90 Å². The van der Waals surface area contributed by atoms with Crippen LogP contribution in [0.5, 0.6) is 0 Å². The Morgan fingerprint density at radius 2 is 2.10 bits per heavy atom. The Morgan fingerprint density at radius 1 is 1.40 bits per heavy atom. The number of rotatable bonds is 6. The number of nitrogens with zero attached hydrogens (tertiary/aromatic N) is 1. The van der Waals surface area contributed by atoms with E-state index in [2.05, 4.69) is 19.2 Å². The van der Waals surface area contributed by atoms with Crippen LogP contribution in [-0.2, 0) is 9.47 Å². The zero-order chi connectivity index (χ0) is 15.2. The maximum absolute atomic E-state index is 11.9. The molecular formula is C15H30N2O3. The van der Waals surface area contributed by atoms with E-state index in [0.29, 0.717) is 19.1 Å². The lowest BCUT2D eigenvalue weighted by Gasteiger charge is -2.24. The molecule has 1 unspecified atom stereocenters. The van der Waals surface area contributed by atoms with Gasteiger partial charge in [0.05, 0.1) is 19.3 Å². The summed E-state index contributed by atoms with van der Waals surface area (Å²) in [4.78, 5) is 13.6. The first-order valence-electron chi connectivity index (χ1n) is 7.58. The molecule has 1 aliphatic rings. The normalized spacial score (nSPS) is 19.7. The highest BCUT2D eigenvalue weighted by Crippen LogP contribution is 2.16. The molecule has 0 spiro atoms. The van der Waals surface area contributed by atoms with Gasteiger partial charge >= 0.3 is 6.09 Å². The van der Waals surface area contributed by atoms with Crippen molar-refractivity contribution in [1.82, 2.24) is 10.2 Å². The zero-order valence-corrected chi connectivity index (χ0v) is 13.6. The molecule has 0 radical (unpaired) electrons. The number of carbonyl (C=O) groups excluding carboxylic acids is 1. The van der Waals surface area contributed by atoms with Crippen LogP contribution in [-0.4, -0.2) is 55.5 Å². The van der Waals surface area contributed by atoms with Gasteiger partial charge in [-0.05, 0) is 39.7 Å². The molecule has 5 heteroatoms. The van der Waals surface area contributed by atoms with Gasteiger partial charge in [-0.1, -0.05) is 13.8 Å². The van der Waals surface area contributed by atoms with Crippen molar-refractivity contribution in [2.45, 2.75) is 52.7 Å². The topological polar surface area (TPSA) is 50.8 Å². The summed E-state index contributed by atoms with van der Waals surface area (Å²) < 4.78 is 11.1. The highest BCUT2D eigenvalue weighted by atomic mass is 16.6. The number of likely N-dealkylation sites (tertiary alicyclic amines) is 1. The highest BCUT2D eigenvalue weighted by molar-refractivity contribution is 5.68. The molecule has 0 aromatic rings. The lowest BCUT2D eigenvalue weighted by Crippen LogP contribution is -2.36. The van der Waals surface area contributed by atoms with Crippen LogP contribution in [0.15, 0.2) is 0 Å². The molecule has 0 bridgehead atoms. The summed E-state index contributed by atoms with van der Waals surface area (Å²) in [5, 5.41) is 3.34. The summed E-state index contributed by atoms with van der Waals surface area (Å²) in [6, 6.07) is 0. The van der Waals surface area contributed by atoms with Crippen molar-refractivity contribution in [2.75, 3.05) is 32.8 Å². The van der Waals surface area contributed by atoms with Crippen molar-refractivity contribution in [3.8, 4) is 0 Å². The molecule has 5 nitrogen and oxygen atoms in total. The first-order valence-corrected chi connectivity index (χ1v) is 7.58. The standard InChI is InChI=1S/C15H30N2O3/c1-12(2)10-16-7-9-19-13-6-8-17(11-13)14(18)20-15(3,4)5/h12-13,16H,6-11H2,1-5H3. The Labute approximate surface area is 123 Å². The van der Waals surface area contributed by atoms with Gasteiger partial charge in [-0.25, -0.2) is 4.79 Å². The number of nitrogens with one attached hydrogen (secondary N) is 1. The Kier molecular flexibility index (Phi) is 6.76. The predicted molar refractivity (Wildman–Crippen MR) is 79.9 cm³/mol. The third-order valence-corrected chi connectivity index (χ3v) is 2.98. The van der Waals surface area contributed by atoms with Crippen molar-refractivity contribution >= 4 is 6.09 Å². The second kappa shape index (κ2) is 7.84. The molecular weight excluding hydrogens is 256 g/mol. The molecule has 0 aromatic heterocycles. The second-order valence-corrected chi connectivity index (χ2v) is 6.81. The third-order valence-electron chi connectivity index (χ3n) is 2.98. The second-order valence-electron chi connectivity index (χ2n) is 6.81. The van der Waals surface area contributed by atoms with Gasteiger partial charge in [-0.15, -0.1) is 0 Å². The Bertz CT molecular complexity index is 300. The van der Waals surface area contributed by atoms with Crippen molar-refractivity contribution in [2.24, 2.45) is 5.92 Å². The van der Waals surface area contributed by atoms with Crippen LogP contribution in [0, 0.1) is 5.92 Å². The molecule has 1 atom stereocenters. The largest absolute Gasteiger partial charge is 0.444 e. The van der Waals surface area contributed by atoms with Crippen LogP contribution in [0.2, 0.25) is 0 Å². The van der Waals surface area contributed by atoms with Crippen LogP contribution in [0.1, 0.15) is 41.0 Å². The summed E-state index contributed by atoms with van der Waals surface area (Å²) in [7, 11) is 0. The van der Waals surface area contributed by atoms with Crippen molar-refractivity contribution in [3.05, 3.63) is 0 Å². The fraction of sp³-hybridized carbons (Fsp3) is 0.933. The lowest BCUT2D eigenvalue weighted by atomic mass is 10.2. The summed E-state index contributed by atoms with van der Waals surface area (Å²) in [6.45, 7) is 13.9. The minimum absolute atomic E-state index is 0.142. The van der Waals surface area contributed by atoms with Gasteiger partial charge in [0.1, 0.15) is 5.60 Å². The first kappa shape index (κ1) is 17.2. The van der Waals surface area contributed by atoms with Crippen LogP contribution < -0.4 is 5.32 Å². The van der Waals surface area contributed by atoms with Crippen LogP contribution >= 0.6 is 0 Å². The Hall–Kier alpha value is -0.810. The maximum atomic E-state index is 11.9. The van der Waals surface area contributed by atoms with E-state index < -0.39 is 5.60 Å². The predicted octanol–water partition coefficient (Wildman–Crippen LogP) is 2.26. The molecule has 1 aliphatic heterocycles. The summed E-state index contributed by atoms with van der Waals surface area (Å²) in [5.74, 6) is 0.657. The summed E-state index contributed by atoms with van der Waals surface area (Å²) in [5.41, 5.74) is -0.434. The van der Waals surface area contributed by atoms with Gasteiger partial charge in [-0.3, -0.25) is 0 Å².